The Balaban J connectivity index is 1.01. The van der Waals surface area contributed by atoms with E-state index in [2.05, 4.69) is 174 Å². The van der Waals surface area contributed by atoms with Gasteiger partial charge in [-0.05, 0) is 100 Å². The third-order valence-corrected chi connectivity index (χ3v) is 12.3. The first kappa shape index (κ1) is 35.2. The van der Waals surface area contributed by atoms with E-state index in [1.807, 2.05) is 36.4 Å². The highest BCUT2D eigenvalue weighted by molar-refractivity contribution is 6.14. The van der Waals surface area contributed by atoms with Gasteiger partial charge in [-0.25, -0.2) is 4.98 Å². The minimum atomic E-state index is 0.536. The lowest BCUT2D eigenvalue weighted by molar-refractivity contribution is 0.668. The van der Waals surface area contributed by atoms with Gasteiger partial charge in [0.2, 0.25) is 5.95 Å². The van der Waals surface area contributed by atoms with Gasteiger partial charge >= 0.3 is 0 Å². The molecule has 0 atom stereocenters. The number of hydrogen-bond donors (Lipinski definition) is 0. The lowest BCUT2D eigenvalue weighted by Gasteiger charge is -2.13. The number of rotatable bonds is 6. The molecule has 0 unspecified atom stereocenters. The molecule has 0 bridgehead atoms. The van der Waals surface area contributed by atoms with Crippen molar-refractivity contribution in [3.8, 4) is 62.1 Å². The van der Waals surface area contributed by atoms with Gasteiger partial charge < -0.3 is 8.83 Å². The second kappa shape index (κ2) is 14.0. The maximum atomic E-state index is 6.72. The zero-order valence-electron chi connectivity index (χ0n) is 33.7. The number of nitrogens with zero attached hydrogens (tertiary/aromatic N) is 4. The van der Waals surface area contributed by atoms with Crippen LogP contribution in [0.5, 0.6) is 0 Å². The Morgan fingerprint density at radius 3 is 1.48 bits per heavy atom. The average molecular weight is 807 g/mol. The van der Waals surface area contributed by atoms with Crippen LogP contribution in [0.3, 0.4) is 0 Å². The summed E-state index contributed by atoms with van der Waals surface area (Å²) in [6.45, 7) is 0. The van der Waals surface area contributed by atoms with Crippen molar-refractivity contribution in [3.63, 3.8) is 0 Å². The molecular weight excluding hydrogens is 773 g/mol. The molecule has 0 aliphatic heterocycles. The standard InChI is InChI=1S/C57H34N4O2/c1-3-14-35(15-4-1)39-30-40(36-16-5-2-6-17-36)32-41(31-39)56-58-55(59-57(60-56)61-48-22-10-7-18-43(48)44-19-8-11-23-49(44)61)38-27-29-46-45-28-26-37(33-52(45)63-53(46)34-38)42-21-13-25-51-54(42)47-20-9-12-24-50(47)62-51/h1-34H. The highest BCUT2D eigenvalue weighted by Gasteiger charge is 2.20. The largest absolute Gasteiger partial charge is 0.456 e. The molecule has 294 valence electrons. The van der Waals surface area contributed by atoms with Gasteiger partial charge in [-0.3, -0.25) is 4.57 Å². The molecule has 0 N–H and O–H groups in total. The first-order valence-electron chi connectivity index (χ1n) is 21.1. The predicted molar refractivity (Wildman–Crippen MR) is 256 cm³/mol. The SMILES string of the molecule is c1ccc(-c2cc(-c3ccccc3)cc(-c3nc(-c4ccc5c(c4)oc4cc(-c6cccc7oc8ccccc8c67)ccc45)nc(-n4c5ccccc5c5ccccc54)n3)c2)cc1. The van der Waals surface area contributed by atoms with Crippen molar-refractivity contribution in [1.82, 2.24) is 19.5 Å². The predicted octanol–water partition coefficient (Wildman–Crippen LogP) is 15.1. The average Bonchev–Trinajstić information content (AvgIpc) is 4.03. The summed E-state index contributed by atoms with van der Waals surface area (Å²) in [6, 6.07) is 71.6. The fourth-order valence-corrected chi connectivity index (χ4v) is 9.31. The summed E-state index contributed by atoms with van der Waals surface area (Å²) in [5.74, 6) is 1.65. The fourth-order valence-electron chi connectivity index (χ4n) is 9.31. The third-order valence-electron chi connectivity index (χ3n) is 12.3. The number of fused-ring (bicyclic) bond motifs is 9. The van der Waals surface area contributed by atoms with E-state index in [0.717, 1.165) is 110 Å². The summed E-state index contributed by atoms with van der Waals surface area (Å²) in [7, 11) is 0. The molecule has 0 spiro atoms. The molecule has 4 heterocycles. The van der Waals surface area contributed by atoms with Gasteiger partial charge in [0.1, 0.15) is 22.3 Å². The lowest BCUT2D eigenvalue weighted by Crippen LogP contribution is -2.06. The van der Waals surface area contributed by atoms with E-state index in [0.29, 0.717) is 17.6 Å². The van der Waals surface area contributed by atoms with Crippen LogP contribution in [0.15, 0.2) is 215 Å². The topological polar surface area (TPSA) is 69.9 Å². The molecule has 6 nitrogen and oxygen atoms in total. The summed E-state index contributed by atoms with van der Waals surface area (Å²) in [5, 5.41) is 6.52. The molecule has 4 aromatic heterocycles. The Kier molecular flexibility index (Phi) is 7.80. The van der Waals surface area contributed by atoms with E-state index in [-0.39, 0.29) is 0 Å². The van der Waals surface area contributed by atoms with Gasteiger partial charge in [-0.2, -0.15) is 9.97 Å². The monoisotopic (exact) mass is 806 g/mol. The van der Waals surface area contributed by atoms with Gasteiger partial charge in [0.15, 0.2) is 11.6 Å². The molecule has 0 saturated carbocycles. The number of furan rings is 2. The van der Waals surface area contributed by atoms with Crippen LogP contribution in [0.1, 0.15) is 0 Å². The second-order valence-corrected chi connectivity index (χ2v) is 16.0. The summed E-state index contributed by atoms with van der Waals surface area (Å²) in [4.78, 5) is 15.9. The molecule has 13 aromatic rings. The summed E-state index contributed by atoms with van der Waals surface area (Å²) in [5.41, 5.74) is 13.6. The van der Waals surface area contributed by atoms with Gasteiger partial charge in [-0.1, -0.05) is 140 Å². The zero-order chi connectivity index (χ0) is 41.4. The van der Waals surface area contributed by atoms with E-state index >= 15 is 0 Å². The van der Waals surface area contributed by atoms with Crippen LogP contribution < -0.4 is 0 Å². The van der Waals surface area contributed by atoms with Crippen LogP contribution in [-0.4, -0.2) is 19.5 Å². The van der Waals surface area contributed by atoms with E-state index < -0.39 is 0 Å². The van der Waals surface area contributed by atoms with Crippen LogP contribution in [0.2, 0.25) is 0 Å². The smallest absolute Gasteiger partial charge is 0.238 e. The van der Waals surface area contributed by atoms with Crippen LogP contribution in [-0.2, 0) is 0 Å². The Morgan fingerprint density at radius 2 is 0.810 bits per heavy atom. The van der Waals surface area contributed by atoms with Crippen molar-refractivity contribution in [2.24, 2.45) is 0 Å². The minimum Gasteiger partial charge on any atom is -0.456 e. The normalized spacial score (nSPS) is 11.8. The molecule has 0 radical (unpaired) electrons. The molecular formula is C57H34N4O2. The van der Waals surface area contributed by atoms with E-state index in [1.54, 1.807) is 0 Å². The molecule has 0 fully saturated rings. The van der Waals surface area contributed by atoms with Gasteiger partial charge in [0, 0.05) is 43.4 Å². The molecule has 0 aliphatic rings. The highest BCUT2D eigenvalue weighted by Crippen LogP contribution is 2.40. The van der Waals surface area contributed by atoms with Crippen molar-refractivity contribution in [2.45, 2.75) is 0 Å². The number of para-hydroxylation sites is 3. The number of benzene rings is 9. The molecule has 0 saturated heterocycles. The summed E-state index contributed by atoms with van der Waals surface area (Å²) in [6.07, 6.45) is 0. The lowest BCUT2D eigenvalue weighted by atomic mass is 9.96. The van der Waals surface area contributed by atoms with Crippen LogP contribution in [0, 0.1) is 0 Å². The van der Waals surface area contributed by atoms with E-state index in [4.69, 9.17) is 23.8 Å². The van der Waals surface area contributed by atoms with E-state index in [9.17, 15) is 0 Å². The second-order valence-electron chi connectivity index (χ2n) is 16.0. The quantitative estimate of drug-likeness (QED) is 0.167. The Labute approximate surface area is 361 Å². The van der Waals surface area contributed by atoms with Crippen molar-refractivity contribution in [2.75, 3.05) is 0 Å². The molecule has 6 heteroatoms. The van der Waals surface area contributed by atoms with Crippen molar-refractivity contribution in [1.29, 1.82) is 0 Å². The van der Waals surface area contributed by atoms with Crippen LogP contribution >= 0.6 is 0 Å². The van der Waals surface area contributed by atoms with Crippen molar-refractivity contribution < 1.29 is 8.83 Å². The van der Waals surface area contributed by atoms with Crippen molar-refractivity contribution in [3.05, 3.63) is 206 Å². The molecule has 9 aromatic carbocycles. The summed E-state index contributed by atoms with van der Waals surface area (Å²) >= 11 is 0. The molecule has 13 rings (SSSR count). The van der Waals surface area contributed by atoms with Gasteiger partial charge in [-0.15, -0.1) is 0 Å². The number of aromatic nitrogens is 4. The van der Waals surface area contributed by atoms with E-state index in [1.165, 1.54) is 0 Å². The number of hydrogen-bond acceptors (Lipinski definition) is 5. The maximum absolute atomic E-state index is 6.72. The maximum Gasteiger partial charge on any atom is 0.238 e. The Morgan fingerprint density at radius 1 is 0.302 bits per heavy atom. The molecule has 63 heavy (non-hydrogen) atoms. The van der Waals surface area contributed by atoms with Gasteiger partial charge in [0.25, 0.3) is 0 Å². The zero-order valence-corrected chi connectivity index (χ0v) is 33.7. The third kappa shape index (κ3) is 5.76. The minimum absolute atomic E-state index is 0.536. The Bertz CT molecular complexity index is 3810. The van der Waals surface area contributed by atoms with Crippen molar-refractivity contribution >= 4 is 65.7 Å². The molecule has 0 amide bonds. The summed E-state index contributed by atoms with van der Waals surface area (Å²) < 4.78 is 15.1. The first-order valence-corrected chi connectivity index (χ1v) is 21.1. The van der Waals surface area contributed by atoms with Crippen LogP contribution in [0.4, 0.5) is 0 Å². The fraction of sp³-hybridized carbons (Fsp3) is 0. The molecule has 0 aliphatic carbocycles. The highest BCUT2D eigenvalue weighted by atomic mass is 16.3. The van der Waals surface area contributed by atoms with Gasteiger partial charge in [0.05, 0.1) is 11.0 Å². The Hall–Kier alpha value is -8.61. The van der Waals surface area contributed by atoms with Crippen LogP contribution in [0.25, 0.3) is 128 Å². The first-order chi connectivity index (χ1) is 31.2.